The Morgan fingerprint density at radius 1 is 1.00 bits per heavy atom. The van der Waals surface area contributed by atoms with Crippen molar-refractivity contribution in [3.05, 3.63) is 59.7 Å². The van der Waals surface area contributed by atoms with Crippen LogP contribution in [0.4, 0.5) is 14.5 Å². The maximum Gasteiger partial charge on any atom is 0.387 e. The van der Waals surface area contributed by atoms with Gasteiger partial charge in [-0.2, -0.15) is 8.78 Å². The Kier molecular flexibility index (Phi) is 5.46. The van der Waals surface area contributed by atoms with E-state index >= 15 is 0 Å². The Morgan fingerprint density at radius 3 is 2.31 bits per heavy atom. The highest BCUT2D eigenvalue weighted by Crippen LogP contribution is 2.21. The second-order valence-corrected chi connectivity index (χ2v) is 5.90. The molecule has 0 aromatic heterocycles. The maximum atomic E-state index is 12.6. The number of alkyl halides is 2. The van der Waals surface area contributed by atoms with Gasteiger partial charge in [-0.1, -0.05) is 12.1 Å². The molecule has 2 amide bonds. The second kappa shape index (κ2) is 7.95. The van der Waals surface area contributed by atoms with Gasteiger partial charge >= 0.3 is 6.61 Å². The number of benzene rings is 2. The number of nitrogens with one attached hydrogen (secondary N) is 1. The molecule has 0 unspecified atom stereocenters. The van der Waals surface area contributed by atoms with Gasteiger partial charge in [0.1, 0.15) is 5.75 Å². The van der Waals surface area contributed by atoms with E-state index in [1.807, 2.05) is 0 Å². The van der Waals surface area contributed by atoms with Gasteiger partial charge in [-0.05, 0) is 49.2 Å². The Labute approximate surface area is 149 Å². The summed E-state index contributed by atoms with van der Waals surface area (Å²) in [4.78, 5) is 26.8. The van der Waals surface area contributed by atoms with Crippen molar-refractivity contribution in [3.63, 3.8) is 0 Å². The van der Waals surface area contributed by atoms with Crippen LogP contribution in [0.2, 0.25) is 0 Å². The van der Waals surface area contributed by atoms with Crippen molar-refractivity contribution >= 4 is 17.5 Å². The predicted molar refractivity (Wildman–Crippen MR) is 92.6 cm³/mol. The van der Waals surface area contributed by atoms with E-state index in [1.54, 1.807) is 29.2 Å². The normalized spacial score (nSPS) is 13.7. The lowest BCUT2D eigenvalue weighted by Crippen LogP contribution is -2.28. The molecule has 5 nitrogen and oxygen atoms in total. The minimum Gasteiger partial charge on any atom is -0.435 e. The molecule has 2 aromatic rings. The number of anilines is 1. The van der Waals surface area contributed by atoms with E-state index in [0.717, 1.165) is 12.8 Å². The van der Waals surface area contributed by atoms with Crippen LogP contribution in [0.1, 0.15) is 33.6 Å². The first-order chi connectivity index (χ1) is 12.5. The molecule has 0 saturated carbocycles. The molecule has 0 aliphatic carbocycles. The molecule has 1 heterocycles. The molecule has 3 rings (SSSR count). The summed E-state index contributed by atoms with van der Waals surface area (Å²) in [6, 6.07) is 12.2. The average molecular weight is 360 g/mol. The van der Waals surface area contributed by atoms with Crippen molar-refractivity contribution in [2.75, 3.05) is 18.4 Å². The van der Waals surface area contributed by atoms with Crippen LogP contribution in [0.15, 0.2) is 48.5 Å². The zero-order valence-electron chi connectivity index (χ0n) is 14.0. The van der Waals surface area contributed by atoms with E-state index in [2.05, 4.69) is 10.1 Å². The van der Waals surface area contributed by atoms with E-state index in [4.69, 9.17) is 0 Å². The van der Waals surface area contributed by atoms with Gasteiger partial charge in [0, 0.05) is 18.7 Å². The van der Waals surface area contributed by atoms with Crippen LogP contribution in [0, 0.1) is 0 Å². The highest BCUT2D eigenvalue weighted by Gasteiger charge is 2.22. The summed E-state index contributed by atoms with van der Waals surface area (Å²) in [7, 11) is 0. The molecule has 0 radical (unpaired) electrons. The molecule has 0 atom stereocenters. The van der Waals surface area contributed by atoms with Crippen LogP contribution in [0.3, 0.4) is 0 Å². The summed E-state index contributed by atoms with van der Waals surface area (Å²) in [6.07, 6.45) is 1.96. The lowest BCUT2D eigenvalue weighted by atomic mass is 10.1. The number of carbonyl (C=O) groups is 2. The molecular formula is C19H18F2N2O3. The summed E-state index contributed by atoms with van der Waals surface area (Å²) < 4.78 is 28.6. The van der Waals surface area contributed by atoms with Crippen LogP contribution in [-0.4, -0.2) is 36.4 Å². The first-order valence-corrected chi connectivity index (χ1v) is 8.29. The maximum absolute atomic E-state index is 12.6. The molecule has 1 fully saturated rings. The molecule has 1 N–H and O–H groups in total. The van der Waals surface area contributed by atoms with Crippen LogP contribution in [0.5, 0.6) is 5.75 Å². The number of amides is 2. The SMILES string of the molecule is O=C(Nc1ccccc1C(=O)N1CCCC1)c1ccc(OC(F)F)cc1. The van der Waals surface area contributed by atoms with Crippen LogP contribution >= 0.6 is 0 Å². The first kappa shape index (κ1) is 17.8. The fourth-order valence-corrected chi connectivity index (χ4v) is 2.85. The summed E-state index contributed by atoms with van der Waals surface area (Å²) in [5.41, 5.74) is 1.12. The van der Waals surface area contributed by atoms with Crippen molar-refractivity contribution in [2.45, 2.75) is 19.5 Å². The number of para-hydroxylation sites is 1. The van der Waals surface area contributed by atoms with Crippen LogP contribution in [0.25, 0.3) is 0 Å². The van der Waals surface area contributed by atoms with Gasteiger partial charge in [-0.25, -0.2) is 0 Å². The number of ether oxygens (including phenoxy) is 1. The van der Waals surface area contributed by atoms with E-state index in [9.17, 15) is 18.4 Å². The van der Waals surface area contributed by atoms with Crippen molar-refractivity contribution in [1.82, 2.24) is 4.90 Å². The van der Waals surface area contributed by atoms with Crippen molar-refractivity contribution < 1.29 is 23.1 Å². The van der Waals surface area contributed by atoms with Gasteiger partial charge in [-0.15, -0.1) is 0 Å². The van der Waals surface area contributed by atoms with Crippen LogP contribution in [-0.2, 0) is 0 Å². The Balaban J connectivity index is 1.74. The van der Waals surface area contributed by atoms with Crippen molar-refractivity contribution in [3.8, 4) is 5.75 Å². The third kappa shape index (κ3) is 4.17. The standard InChI is InChI=1S/C19H18F2N2O3/c20-19(21)26-14-9-7-13(8-10-14)17(24)22-16-6-2-1-5-15(16)18(25)23-11-3-4-12-23/h1-2,5-10,19H,3-4,11-12H2,(H,22,24). The highest BCUT2D eigenvalue weighted by atomic mass is 19.3. The quantitative estimate of drug-likeness (QED) is 0.883. The number of rotatable bonds is 5. The zero-order chi connectivity index (χ0) is 18.5. The lowest BCUT2D eigenvalue weighted by molar-refractivity contribution is -0.0498. The number of carbonyl (C=O) groups excluding carboxylic acids is 2. The van der Waals surface area contributed by atoms with E-state index < -0.39 is 12.5 Å². The first-order valence-electron chi connectivity index (χ1n) is 8.29. The monoisotopic (exact) mass is 360 g/mol. The summed E-state index contributed by atoms with van der Waals surface area (Å²) in [5.74, 6) is -0.574. The van der Waals surface area contributed by atoms with E-state index in [-0.39, 0.29) is 17.2 Å². The molecule has 2 aromatic carbocycles. The number of nitrogens with zero attached hydrogens (tertiary/aromatic N) is 1. The number of hydrogen-bond donors (Lipinski definition) is 1. The molecule has 1 aliphatic rings. The van der Waals surface area contributed by atoms with Gasteiger partial charge < -0.3 is 15.0 Å². The second-order valence-electron chi connectivity index (χ2n) is 5.90. The molecule has 26 heavy (non-hydrogen) atoms. The Bertz CT molecular complexity index is 788. The smallest absolute Gasteiger partial charge is 0.387 e. The summed E-state index contributed by atoms with van der Waals surface area (Å²) in [5, 5.41) is 2.72. The van der Waals surface area contributed by atoms with E-state index in [0.29, 0.717) is 24.3 Å². The Morgan fingerprint density at radius 2 is 1.65 bits per heavy atom. The topological polar surface area (TPSA) is 58.6 Å². The third-order valence-corrected chi connectivity index (χ3v) is 4.14. The zero-order valence-corrected chi connectivity index (χ0v) is 14.0. The minimum absolute atomic E-state index is 0.0267. The predicted octanol–water partition coefficient (Wildman–Crippen LogP) is 3.78. The van der Waals surface area contributed by atoms with Crippen molar-refractivity contribution in [2.24, 2.45) is 0 Å². The largest absolute Gasteiger partial charge is 0.435 e. The molecule has 0 bridgehead atoms. The molecule has 0 spiro atoms. The summed E-state index contributed by atoms with van der Waals surface area (Å²) >= 11 is 0. The van der Waals surface area contributed by atoms with Gasteiger partial charge in [-0.3, -0.25) is 9.59 Å². The number of hydrogen-bond acceptors (Lipinski definition) is 3. The minimum atomic E-state index is -2.92. The molecule has 136 valence electrons. The molecule has 7 heteroatoms. The molecule has 1 aliphatic heterocycles. The van der Waals surface area contributed by atoms with Gasteiger partial charge in [0.2, 0.25) is 0 Å². The fourth-order valence-electron chi connectivity index (χ4n) is 2.85. The Hall–Kier alpha value is -2.96. The van der Waals surface area contributed by atoms with Gasteiger partial charge in [0.05, 0.1) is 11.3 Å². The fraction of sp³-hybridized carbons (Fsp3) is 0.263. The average Bonchev–Trinajstić information content (AvgIpc) is 3.16. The molecular weight excluding hydrogens is 342 g/mol. The van der Waals surface area contributed by atoms with Gasteiger partial charge in [0.25, 0.3) is 11.8 Å². The number of likely N-dealkylation sites (tertiary alicyclic amines) is 1. The highest BCUT2D eigenvalue weighted by molar-refractivity contribution is 6.09. The lowest BCUT2D eigenvalue weighted by Gasteiger charge is -2.18. The van der Waals surface area contributed by atoms with Crippen LogP contribution < -0.4 is 10.1 Å². The third-order valence-electron chi connectivity index (χ3n) is 4.14. The summed E-state index contributed by atoms with van der Waals surface area (Å²) in [6.45, 7) is -1.49. The van der Waals surface area contributed by atoms with E-state index in [1.165, 1.54) is 24.3 Å². The van der Waals surface area contributed by atoms with Crippen molar-refractivity contribution in [1.29, 1.82) is 0 Å². The molecule has 1 saturated heterocycles. The van der Waals surface area contributed by atoms with Gasteiger partial charge in [0.15, 0.2) is 0 Å². The number of halogens is 2.